The molecule has 0 spiro atoms. The number of benzene rings is 1. The fourth-order valence-corrected chi connectivity index (χ4v) is 2.94. The summed E-state index contributed by atoms with van der Waals surface area (Å²) in [6.07, 6.45) is 2.86. The maximum Gasteiger partial charge on any atom is 0.307 e. The minimum atomic E-state index is -0.907. The molecular formula is C16H21NO4. The summed E-state index contributed by atoms with van der Waals surface area (Å²) in [5.41, 5.74) is 0.816. The van der Waals surface area contributed by atoms with E-state index in [1.54, 1.807) is 0 Å². The molecule has 0 aromatic heterocycles. The third-order valence-electron chi connectivity index (χ3n) is 4.12. The van der Waals surface area contributed by atoms with Crippen LogP contribution in [-0.2, 0) is 9.59 Å². The molecule has 114 valence electrons. The minimum absolute atomic E-state index is 0.208. The second kappa shape index (κ2) is 7.22. The summed E-state index contributed by atoms with van der Waals surface area (Å²) in [6.45, 7) is -0.208. The van der Waals surface area contributed by atoms with Crippen molar-refractivity contribution in [1.29, 1.82) is 0 Å². The average molecular weight is 291 g/mol. The highest BCUT2D eigenvalue weighted by atomic mass is 16.4. The lowest BCUT2D eigenvalue weighted by Crippen LogP contribution is -2.42. The second-order valence-corrected chi connectivity index (χ2v) is 5.49. The van der Waals surface area contributed by atoms with E-state index in [9.17, 15) is 19.8 Å². The molecule has 0 bridgehead atoms. The van der Waals surface area contributed by atoms with Gasteiger partial charge in [0.15, 0.2) is 0 Å². The van der Waals surface area contributed by atoms with Crippen molar-refractivity contribution < 1.29 is 19.8 Å². The molecule has 0 unspecified atom stereocenters. The molecule has 1 aromatic rings. The lowest BCUT2D eigenvalue weighted by atomic mass is 9.78. The molecule has 0 radical (unpaired) electrons. The van der Waals surface area contributed by atoms with E-state index < -0.39 is 23.8 Å². The first-order valence-electron chi connectivity index (χ1n) is 7.32. The number of hydrogen-bond acceptors (Lipinski definition) is 3. The Morgan fingerprint density at radius 1 is 1.14 bits per heavy atom. The molecule has 1 aromatic carbocycles. The van der Waals surface area contributed by atoms with Gasteiger partial charge < -0.3 is 15.5 Å². The highest BCUT2D eigenvalue weighted by Gasteiger charge is 2.36. The van der Waals surface area contributed by atoms with Gasteiger partial charge in [0.2, 0.25) is 5.91 Å². The lowest BCUT2D eigenvalue weighted by Gasteiger charge is -2.29. The largest absolute Gasteiger partial charge is 0.481 e. The number of hydrogen-bond donors (Lipinski definition) is 3. The Morgan fingerprint density at radius 2 is 1.76 bits per heavy atom. The quantitative estimate of drug-likeness (QED) is 0.771. The second-order valence-electron chi connectivity index (χ2n) is 5.49. The molecule has 1 saturated carbocycles. The molecule has 1 fully saturated rings. The van der Waals surface area contributed by atoms with Gasteiger partial charge in [-0.2, -0.15) is 0 Å². The summed E-state index contributed by atoms with van der Waals surface area (Å²) < 4.78 is 0. The fraction of sp³-hybridized carbons (Fsp3) is 0.500. The summed E-state index contributed by atoms with van der Waals surface area (Å²) in [4.78, 5) is 23.6. The number of nitrogens with one attached hydrogen (secondary N) is 1. The Morgan fingerprint density at radius 3 is 2.33 bits per heavy atom. The van der Waals surface area contributed by atoms with Gasteiger partial charge in [0.1, 0.15) is 0 Å². The van der Waals surface area contributed by atoms with Gasteiger partial charge in [-0.05, 0) is 18.4 Å². The Kier molecular flexibility index (Phi) is 5.33. The van der Waals surface area contributed by atoms with Gasteiger partial charge in [-0.15, -0.1) is 0 Å². The molecule has 21 heavy (non-hydrogen) atoms. The van der Waals surface area contributed by atoms with Gasteiger partial charge in [-0.3, -0.25) is 9.59 Å². The van der Waals surface area contributed by atoms with Crippen molar-refractivity contribution in [2.24, 2.45) is 11.8 Å². The van der Waals surface area contributed by atoms with E-state index in [2.05, 4.69) is 5.32 Å². The zero-order valence-electron chi connectivity index (χ0n) is 11.9. The van der Waals surface area contributed by atoms with E-state index in [0.29, 0.717) is 12.8 Å². The normalized spacial score (nSPS) is 23.3. The number of aliphatic carboxylic acids is 1. The highest BCUT2D eigenvalue weighted by molar-refractivity contribution is 5.85. The number of carbonyl (C=O) groups excluding carboxylic acids is 1. The highest BCUT2D eigenvalue weighted by Crippen LogP contribution is 2.31. The summed E-state index contributed by atoms with van der Waals surface area (Å²) >= 11 is 0. The number of rotatable bonds is 5. The Hall–Kier alpha value is -1.88. The van der Waals surface area contributed by atoms with Crippen LogP contribution >= 0.6 is 0 Å². The van der Waals surface area contributed by atoms with E-state index >= 15 is 0 Å². The van der Waals surface area contributed by atoms with Crippen molar-refractivity contribution in [3.63, 3.8) is 0 Å². The van der Waals surface area contributed by atoms with Crippen LogP contribution in [0.15, 0.2) is 30.3 Å². The Labute approximate surface area is 124 Å². The maximum atomic E-state index is 12.4. The smallest absolute Gasteiger partial charge is 0.307 e. The standard InChI is InChI=1S/C16H21NO4/c18-10-14(11-6-2-1-3-7-11)17-15(19)12-8-4-5-9-13(12)16(20)21/h1-3,6-7,12-14,18H,4-5,8-10H2,(H,17,19)(H,20,21)/t12-,13+,14-/m1/s1. The van der Waals surface area contributed by atoms with E-state index in [1.807, 2.05) is 30.3 Å². The average Bonchev–Trinajstić information content (AvgIpc) is 2.53. The third kappa shape index (κ3) is 3.82. The summed E-state index contributed by atoms with van der Waals surface area (Å²) in [7, 11) is 0. The number of carboxylic acid groups (broad SMARTS) is 1. The molecule has 1 aliphatic rings. The first kappa shape index (κ1) is 15.5. The first-order chi connectivity index (χ1) is 10.1. The zero-order chi connectivity index (χ0) is 15.2. The first-order valence-corrected chi connectivity index (χ1v) is 7.32. The molecule has 0 saturated heterocycles. The van der Waals surface area contributed by atoms with Crippen molar-refractivity contribution >= 4 is 11.9 Å². The summed E-state index contributed by atoms with van der Waals surface area (Å²) in [5.74, 6) is -2.30. The van der Waals surface area contributed by atoms with Crippen molar-refractivity contribution in [2.75, 3.05) is 6.61 Å². The van der Waals surface area contributed by atoms with Gasteiger partial charge in [0, 0.05) is 0 Å². The molecule has 1 aliphatic carbocycles. The summed E-state index contributed by atoms with van der Waals surface area (Å²) in [5, 5.41) is 21.5. The van der Waals surface area contributed by atoms with Crippen LogP contribution in [-0.4, -0.2) is 28.7 Å². The Balaban J connectivity index is 2.06. The topological polar surface area (TPSA) is 86.6 Å². The van der Waals surface area contributed by atoms with Crippen molar-refractivity contribution in [3.05, 3.63) is 35.9 Å². The monoisotopic (exact) mass is 291 g/mol. The van der Waals surface area contributed by atoms with Gasteiger partial charge in [0.25, 0.3) is 0 Å². The van der Waals surface area contributed by atoms with E-state index in [0.717, 1.165) is 18.4 Å². The molecule has 0 aliphatic heterocycles. The Bertz CT molecular complexity index is 488. The fourth-order valence-electron chi connectivity index (χ4n) is 2.94. The molecule has 5 nitrogen and oxygen atoms in total. The number of carboxylic acids is 1. The lowest BCUT2D eigenvalue weighted by molar-refractivity contribution is -0.149. The van der Waals surface area contributed by atoms with Crippen molar-refractivity contribution in [2.45, 2.75) is 31.7 Å². The van der Waals surface area contributed by atoms with E-state index in [1.165, 1.54) is 0 Å². The predicted molar refractivity (Wildman–Crippen MR) is 77.5 cm³/mol. The van der Waals surface area contributed by atoms with Gasteiger partial charge in [-0.1, -0.05) is 43.2 Å². The molecule has 3 N–H and O–H groups in total. The molecular weight excluding hydrogens is 270 g/mol. The van der Waals surface area contributed by atoms with Crippen LogP contribution in [0, 0.1) is 11.8 Å². The van der Waals surface area contributed by atoms with Crippen LogP contribution in [0.4, 0.5) is 0 Å². The van der Waals surface area contributed by atoms with Crippen LogP contribution in [0.1, 0.15) is 37.3 Å². The molecule has 2 rings (SSSR count). The van der Waals surface area contributed by atoms with Gasteiger partial charge in [-0.25, -0.2) is 0 Å². The molecule has 3 atom stereocenters. The molecule has 1 amide bonds. The van der Waals surface area contributed by atoms with Crippen LogP contribution in [0.3, 0.4) is 0 Å². The number of amides is 1. The van der Waals surface area contributed by atoms with Crippen LogP contribution in [0.2, 0.25) is 0 Å². The predicted octanol–water partition coefficient (Wildman–Crippen LogP) is 1.73. The van der Waals surface area contributed by atoms with E-state index in [4.69, 9.17) is 0 Å². The molecule has 0 heterocycles. The van der Waals surface area contributed by atoms with Crippen LogP contribution < -0.4 is 5.32 Å². The van der Waals surface area contributed by atoms with Gasteiger partial charge in [0.05, 0.1) is 24.5 Å². The van der Waals surface area contributed by atoms with Crippen molar-refractivity contribution in [3.8, 4) is 0 Å². The number of aliphatic hydroxyl groups excluding tert-OH is 1. The van der Waals surface area contributed by atoms with E-state index in [-0.39, 0.29) is 12.5 Å². The maximum absolute atomic E-state index is 12.4. The van der Waals surface area contributed by atoms with Crippen LogP contribution in [0.25, 0.3) is 0 Å². The van der Waals surface area contributed by atoms with Crippen molar-refractivity contribution in [1.82, 2.24) is 5.32 Å². The van der Waals surface area contributed by atoms with Gasteiger partial charge >= 0.3 is 5.97 Å². The zero-order valence-corrected chi connectivity index (χ0v) is 11.9. The number of aliphatic hydroxyl groups is 1. The number of carbonyl (C=O) groups is 2. The third-order valence-corrected chi connectivity index (χ3v) is 4.12. The molecule has 5 heteroatoms. The minimum Gasteiger partial charge on any atom is -0.481 e. The summed E-state index contributed by atoms with van der Waals surface area (Å²) in [6, 6.07) is 8.71. The SMILES string of the molecule is O=C(O)[C@H]1CCCC[C@H]1C(=O)N[C@H](CO)c1ccccc1. The van der Waals surface area contributed by atoms with Crippen LogP contribution in [0.5, 0.6) is 0 Å².